The number of nitrogens with zero attached hydrogens (tertiary/aromatic N) is 4. The molecule has 1 aliphatic rings. The second kappa shape index (κ2) is 9.00. The molecule has 9 nitrogen and oxygen atoms in total. The normalized spacial score (nSPS) is 15.6. The Morgan fingerprint density at radius 2 is 2.00 bits per heavy atom. The van der Waals surface area contributed by atoms with Gasteiger partial charge >= 0.3 is 0 Å². The summed E-state index contributed by atoms with van der Waals surface area (Å²) < 4.78 is 7.39. The molecular formula is C25H25N5O4. The maximum absolute atomic E-state index is 13.5. The highest BCUT2D eigenvalue weighted by molar-refractivity contribution is 5.98. The lowest BCUT2D eigenvalue weighted by Gasteiger charge is -2.21. The van der Waals surface area contributed by atoms with Gasteiger partial charge in [-0.05, 0) is 37.6 Å². The number of carbonyl (C=O) groups excluding carboxylic acids is 2. The Morgan fingerprint density at radius 3 is 2.68 bits per heavy atom. The summed E-state index contributed by atoms with van der Waals surface area (Å²) in [6.07, 6.45) is 0.359. The predicted octanol–water partition coefficient (Wildman–Crippen LogP) is 1.69. The summed E-state index contributed by atoms with van der Waals surface area (Å²) in [5, 5.41) is 14.1. The highest BCUT2D eigenvalue weighted by Gasteiger charge is 2.34. The standard InChI is InChI=1S/C25H25N5O4/c1-25(2,33)12-11-17-9-10-20-18(13-17)29(3)24(32)19(15-34-20)30-21(27-23(28-30)22(26)31)14-16-7-5-4-6-8-16/h4-10,13,19,33H,14-15H2,1-3H3,(H2,26,31)/t19-/m0/s1. The number of fused-ring (bicyclic) bond motifs is 1. The minimum atomic E-state index is -1.14. The summed E-state index contributed by atoms with van der Waals surface area (Å²) in [6, 6.07) is 13.9. The van der Waals surface area contributed by atoms with Gasteiger partial charge in [0, 0.05) is 19.0 Å². The van der Waals surface area contributed by atoms with Gasteiger partial charge < -0.3 is 20.5 Å². The van der Waals surface area contributed by atoms with Crippen molar-refractivity contribution in [3.8, 4) is 17.6 Å². The van der Waals surface area contributed by atoms with E-state index < -0.39 is 17.6 Å². The second-order valence-corrected chi connectivity index (χ2v) is 8.54. The molecule has 0 saturated heterocycles. The SMILES string of the molecule is CN1C(=O)[C@@H](n2nc(C(N)=O)nc2Cc2ccccc2)COc2ccc(C#CC(C)(C)O)cc21. The summed E-state index contributed by atoms with van der Waals surface area (Å²) in [5.74, 6) is 5.38. The van der Waals surface area contributed by atoms with E-state index in [0.29, 0.717) is 29.2 Å². The third kappa shape index (κ3) is 4.92. The van der Waals surface area contributed by atoms with Crippen molar-refractivity contribution in [1.29, 1.82) is 0 Å². The largest absolute Gasteiger partial charge is 0.489 e. The number of ether oxygens (including phenoxy) is 1. The zero-order chi connectivity index (χ0) is 24.5. The van der Waals surface area contributed by atoms with Crippen molar-refractivity contribution in [3.05, 3.63) is 71.3 Å². The van der Waals surface area contributed by atoms with E-state index in [1.54, 1.807) is 39.1 Å². The van der Waals surface area contributed by atoms with Crippen molar-refractivity contribution in [2.45, 2.75) is 31.9 Å². The Morgan fingerprint density at radius 1 is 1.26 bits per heavy atom. The predicted molar refractivity (Wildman–Crippen MR) is 125 cm³/mol. The summed E-state index contributed by atoms with van der Waals surface area (Å²) in [5.41, 5.74) is 6.39. The molecule has 34 heavy (non-hydrogen) atoms. The molecule has 9 heteroatoms. The quantitative estimate of drug-likeness (QED) is 0.572. The van der Waals surface area contributed by atoms with Crippen LogP contribution in [0.3, 0.4) is 0 Å². The molecule has 2 amide bonds. The lowest BCUT2D eigenvalue weighted by Crippen LogP contribution is -2.36. The molecule has 1 aromatic heterocycles. The van der Waals surface area contributed by atoms with Gasteiger partial charge in [-0.25, -0.2) is 9.67 Å². The minimum absolute atomic E-state index is 0.00573. The number of amides is 2. The molecule has 1 atom stereocenters. The van der Waals surface area contributed by atoms with Crippen LogP contribution in [0.1, 0.15) is 47.5 Å². The molecule has 4 rings (SSSR count). The Hall–Kier alpha value is -4.16. The molecule has 3 N–H and O–H groups in total. The van der Waals surface area contributed by atoms with Gasteiger partial charge in [-0.2, -0.15) is 0 Å². The maximum atomic E-state index is 13.5. The van der Waals surface area contributed by atoms with Crippen LogP contribution in [-0.4, -0.2) is 50.9 Å². The van der Waals surface area contributed by atoms with E-state index in [1.807, 2.05) is 30.3 Å². The van der Waals surface area contributed by atoms with Crippen molar-refractivity contribution in [1.82, 2.24) is 14.8 Å². The van der Waals surface area contributed by atoms with Gasteiger partial charge in [0.1, 0.15) is 23.8 Å². The first-order chi connectivity index (χ1) is 16.1. The number of carbonyl (C=O) groups is 2. The molecule has 2 aromatic carbocycles. The van der Waals surface area contributed by atoms with Crippen molar-refractivity contribution < 1.29 is 19.4 Å². The Labute approximate surface area is 197 Å². The average Bonchev–Trinajstić information content (AvgIpc) is 3.16. The van der Waals surface area contributed by atoms with Crippen molar-refractivity contribution >= 4 is 17.5 Å². The molecule has 2 heterocycles. The second-order valence-electron chi connectivity index (χ2n) is 8.54. The van der Waals surface area contributed by atoms with Crippen molar-refractivity contribution in [3.63, 3.8) is 0 Å². The first-order valence-corrected chi connectivity index (χ1v) is 10.7. The van der Waals surface area contributed by atoms with Crippen molar-refractivity contribution in [2.75, 3.05) is 18.6 Å². The van der Waals surface area contributed by atoms with Crippen LogP contribution in [0.5, 0.6) is 5.75 Å². The Kier molecular flexibility index (Phi) is 6.09. The van der Waals surface area contributed by atoms with Gasteiger partial charge in [0.05, 0.1) is 5.69 Å². The van der Waals surface area contributed by atoms with E-state index in [4.69, 9.17) is 10.5 Å². The monoisotopic (exact) mass is 459 g/mol. The van der Waals surface area contributed by atoms with E-state index in [2.05, 4.69) is 21.9 Å². The van der Waals surface area contributed by atoms with Crippen LogP contribution in [0.4, 0.5) is 5.69 Å². The van der Waals surface area contributed by atoms with Gasteiger partial charge in [0.15, 0.2) is 6.04 Å². The van der Waals surface area contributed by atoms with Gasteiger partial charge in [-0.3, -0.25) is 9.59 Å². The van der Waals surface area contributed by atoms with Crippen LogP contribution in [0.2, 0.25) is 0 Å². The third-order valence-electron chi connectivity index (χ3n) is 5.27. The lowest BCUT2D eigenvalue weighted by atomic mass is 10.1. The first-order valence-electron chi connectivity index (χ1n) is 10.7. The Balaban J connectivity index is 1.69. The third-order valence-corrected chi connectivity index (χ3v) is 5.27. The van der Waals surface area contributed by atoms with E-state index in [-0.39, 0.29) is 18.3 Å². The zero-order valence-corrected chi connectivity index (χ0v) is 19.1. The average molecular weight is 460 g/mol. The van der Waals surface area contributed by atoms with Gasteiger partial charge in [0.2, 0.25) is 5.82 Å². The zero-order valence-electron chi connectivity index (χ0n) is 19.1. The molecule has 174 valence electrons. The molecule has 0 bridgehead atoms. The van der Waals surface area contributed by atoms with Crippen LogP contribution in [0.25, 0.3) is 0 Å². The number of aromatic nitrogens is 3. The van der Waals surface area contributed by atoms with Crippen LogP contribution in [0, 0.1) is 11.8 Å². The minimum Gasteiger partial charge on any atom is -0.489 e. The summed E-state index contributed by atoms with van der Waals surface area (Å²) >= 11 is 0. The first kappa shape index (κ1) is 23.0. The molecule has 0 radical (unpaired) electrons. The maximum Gasteiger partial charge on any atom is 0.288 e. The number of nitrogens with two attached hydrogens (primary N) is 1. The lowest BCUT2D eigenvalue weighted by molar-refractivity contribution is -0.122. The number of benzene rings is 2. The molecule has 1 aliphatic heterocycles. The molecule has 0 fully saturated rings. The van der Waals surface area contributed by atoms with E-state index >= 15 is 0 Å². The van der Waals surface area contributed by atoms with Crippen LogP contribution >= 0.6 is 0 Å². The van der Waals surface area contributed by atoms with E-state index in [0.717, 1.165) is 5.56 Å². The molecule has 0 unspecified atom stereocenters. The van der Waals surface area contributed by atoms with Gasteiger partial charge in [0.25, 0.3) is 11.8 Å². The van der Waals surface area contributed by atoms with Gasteiger partial charge in [-0.1, -0.05) is 42.2 Å². The number of anilines is 1. The smallest absolute Gasteiger partial charge is 0.288 e. The fourth-order valence-electron chi connectivity index (χ4n) is 3.57. The molecule has 0 saturated carbocycles. The number of hydrogen-bond donors (Lipinski definition) is 2. The molecule has 0 aliphatic carbocycles. The van der Waals surface area contributed by atoms with E-state index in [9.17, 15) is 14.7 Å². The van der Waals surface area contributed by atoms with E-state index in [1.165, 1.54) is 9.58 Å². The highest BCUT2D eigenvalue weighted by atomic mass is 16.5. The molecule has 0 spiro atoms. The number of rotatable bonds is 4. The number of primary amides is 1. The highest BCUT2D eigenvalue weighted by Crippen LogP contribution is 2.34. The van der Waals surface area contributed by atoms with Crippen LogP contribution < -0.4 is 15.4 Å². The summed E-state index contributed by atoms with van der Waals surface area (Å²) in [4.78, 5) is 31.0. The summed E-state index contributed by atoms with van der Waals surface area (Å²) in [6.45, 7) is 3.19. The van der Waals surface area contributed by atoms with Crippen molar-refractivity contribution in [2.24, 2.45) is 5.73 Å². The Bertz CT molecular complexity index is 1300. The van der Waals surface area contributed by atoms with Crippen LogP contribution in [-0.2, 0) is 11.2 Å². The summed E-state index contributed by atoms with van der Waals surface area (Å²) in [7, 11) is 1.64. The topological polar surface area (TPSA) is 124 Å². The molecule has 3 aromatic rings. The number of aliphatic hydroxyl groups is 1. The number of likely N-dealkylation sites (N-methyl/N-ethyl adjacent to an activating group) is 1. The van der Waals surface area contributed by atoms with Crippen LogP contribution in [0.15, 0.2) is 48.5 Å². The van der Waals surface area contributed by atoms with Gasteiger partial charge in [-0.15, -0.1) is 5.10 Å². The fourth-order valence-corrected chi connectivity index (χ4v) is 3.57. The molecular weight excluding hydrogens is 434 g/mol. The fraction of sp³-hybridized carbons (Fsp3) is 0.280. The number of hydrogen-bond acceptors (Lipinski definition) is 6.